The van der Waals surface area contributed by atoms with Gasteiger partial charge in [0.25, 0.3) is 0 Å². The molecule has 0 amide bonds. The zero-order valence-corrected chi connectivity index (χ0v) is 13.9. The zero-order chi connectivity index (χ0) is 18.9. The van der Waals surface area contributed by atoms with E-state index in [2.05, 4.69) is 0 Å². The van der Waals surface area contributed by atoms with Crippen LogP contribution in [0.15, 0.2) is 18.2 Å². The molecule has 1 atom stereocenters. The summed E-state index contributed by atoms with van der Waals surface area (Å²) in [6.07, 6.45) is -9.37. The molecular formula is C17H20F6O. The molecule has 0 saturated carbocycles. The largest absolute Gasteiger partial charge is 0.416 e. The Morgan fingerprint density at radius 2 is 1.33 bits per heavy atom. The summed E-state index contributed by atoms with van der Waals surface area (Å²) >= 11 is 0. The van der Waals surface area contributed by atoms with Crippen LogP contribution in [0, 0.1) is 11.3 Å². The summed E-state index contributed by atoms with van der Waals surface area (Å²) in [6, 6.07) is 0.998. The average Bonchev–Trinajstić information content (AvgIpc) is 2.33. The summed E-state index contributed by atoms with van der Waals surface area (Å²) in [6.45, 7) is 7.58. The highest BCUT2D eigenvalue weighted by Gasteiger charge is 2.37. The molecule has 0 fully saturated rings. The number of rotatable bonds is 4. The van der Waals surface area contributed by atoms with E-state index in [1.54, 1.807) is 6.92 Å². The van der Waals surface area contributed by atoms with Crippen molar-refractivity contribution in [2.75, 3.05) is 0 Å². The van der Waals surface area contributed by atoms with Crippen LogP contribution in [-0.2, 0) is 12.4 Å². The molecule has 24 heavy (non-hydrogen) atoms. The first-order valence-corrected chi connectivity index (χ1v) is 7.42. The van der Waals surface area contributed by atoms with Crippen LogP contribution in [0.5, 0.6) is 0 Å². The summed E-state index contributed by atoms with van der Waals surface area (Å²) < 4.78 is 76.8. The minimum atomic E-state index is -4.95. The lowest BCUT2D eigenvalue weighted by atomic mass is 9.83. The fourth-order valence-corrected chi connectivity index (χ4v) is 2.67. The molecule has 7 heteroatoms. The Balaban J connectivity index is 3.16. The molecule has 0 bridgehead atoms. The molecule has 0 radical (unpaired) electrons. The Hall–Kier alpha value is -1.53. The van der Waals surface area contributed by atoms with Crippen molar-refractivity contribution in [2.24, 2.45) is 11.3 Å². The highest BCUT2D eigenvalue weighted by molar-refractivity contribution is 5.96. The van der Waals surface area contributed by atoms with Gasteiger partial charge in [0.1, 0.15) is 0 Å². The summed E-state index contributed by atoms with van der Waals surface area (Å²) in [5.41, 5.74) is -3.59. The van der Waals surface area contributed by atoms with Gasteiger partial charge in [-0.25, -0.2) is 0 Å². The van der Waals surface area contributed by atoms with Gasteiger partial charge in [0.15, 0.2) is 5.78 Å². The van der Waals surface area contributed by atoms with Gasteiger partial charge in [0, 0.05) is 12.0 Å². The Morgan fingerprint density at radius 3 is 1.67 bits per heavy atom. The minimum Gasteiger partial charge on any atom is -0.294 e. The maximum absolute atomic E-state index is 12.8. The number of Topliss-reactive ketones (excluding diaryl/α,β-unsaturated/α-hetero) is 1. The zero-order valence-electron chi connectivity index (χ0n) is 13.9. The van der Waals surface area contributed by atoms with Crippen LogP contribution in [0.4, 0.5) is 26.3 Å². The molecule has 0 spiro atoms. The van der Waals surface area contributed by atoms with Crippen molar-refractivity contribution in [1.29, 1.82) is 0 Å². The monoisotopic (exact) mass is 354 g/mol. The predicted molar refractivity (Wildman–Crippen MR) is 78.6 cm³/mol. The topological polar surface area (TPSA) is 17.1 Å². The highest BCUT2D eigenvalue weighted by atomic mass is 19.4. The summed E-state index contributed by atoms with van der Waals surface area (Å²) in [5.74, 6) is -0.871. The lowest BCUT2D eigenvalue weighted by Crippen LogP contribution is -2.16. The second-order valence-corrected chi connectivity index (χ2v) is 7.29. The van der Waals surface area contributed by atoms with Crippen molar-refractivity contribution in [1.82, 2.24) is 0 Å². The van der Waals surface area contributed by atoms with Gasteiger partial charge in [0.05, 0.1) is 11.1 Å². The molecule has 0 heterocycles. The average molecular weight is 354 g/mol. The number of carbonyl (C=O) groups is 1. The van der Waals surface area contributed by atoms with Gasteiger partial charge in [-0.3, -0.25) is 4.79 Å². The Labute approximate surface area is 137 Å². The smallest absolute Gasteiger partial charge is 0.294 e. The number of carbonyl (C=O) groups excluding carboxylic acids is 1. The molecule has 1 rings (SSSR count). The van der Waals surface area contributed by atoms with Gasteiger partial charge in [-0.1, -0.05) is 27.7 Å². The van der Waals surface area contributed by atoms with E-state index in [9.17, 15) is 31.1 Å². The third-order valence-corrected chi connectivity index (χ3v) is 3.40. The Bertz CT molecular complexity index is 560. The fraction of sp³-hybridized carbons (Fsp3) is 0.588. The van der Waals surface area contributed by atoms with Gasteiger partial charge in [-0.15, -0.1) is 0 Å². The SMILES string of the molecule is CC(CC(=O)c1cc(C(F)(F)F)cc(C(F)(F)F)c1)CC(C)(C)C. The van der Waals surface area contributed by atoms with Crippen LogP contribution in [0.25, 0.3) is 0 Å². The van der Waals surface area contributed by atoms with Crippen molar-refractivity contribution in [3.05, 3.63) is 34.9 Å². The first kappa shape index (κ1) is 20.5. The molecule has 0 aromatic heterocycles. The number of hydrogen-bond acceptors (Lipinski definition) is 1. The van der Waals surface area contributed by atoms with Crippen LogP contribution in [0.3, 0.4) is 0 Å². The number of ketones is 1. The first-order chi connectivity index (χ1) is 10.6. The fourth-order valence-electron chi connectivity index (χ4n) is 2.67. The molecule has 0 aliphatic rings. The van der Waals surface area contributed by atoms with E-state index in [1.807, 2.05) is 20.8 Å². The van der Waals surface area contributed by atoms with Crippen molar-refractivity contribution >= 4 is 5.78 Å². The van der Waals surface area contributed by atoms with E-state index in [4.69, 9.17) is 0 Å². The Morgan fingerprint density at radius 1 is 0.917 bits per heavy atom. The number of halogens is 6. The highest BCUT2D eigenvalue weighted by Crippen LogP contribution is 2.37. The van der Waals surface area contributed by atoms with Crippen molar-refractivity contribution < 1.29 is 31.1 Å². The van der Waals surface area contributed by atoms with E-state index >= 15 is 0 Å². The second-order valence-electron chi connectivity index (χ2n) is 7.29. The maximum atomic E-state index is 12.8. The summed E-state index contributed by atoms with van der Waals surface area (Å²) in [5, 5.41) is 0. The number of alkyl halides is 6. The second kappa shape index (κ2) is 6.76. The first-order valence-electron chi connectivity index (χ1n) is 7.42. The van der Waals surface area contributed by atoms with Gasteiger partial charge >= 0.3 is 12.4 Å². The molecule has 1 aromatic carbocycles. The standard InChI is InChI=1S/C17H20F6O/c1-10(9-15(2,3)4)5-14(24)11-6-12(16(18,19)20)8-13(7-11)17(21,22)23/h6-8,10H,5,9H2,1-4H3. The quantitative estimate of drug-likeness (QED) is 0.454. The van der Waals surface area contributed by atoms with Crippen LogP contribution in [0.2, 0.25) is 0 Å². The number of hydrogen-bond donors (Lipinski definition) is 0. The van der Waals surface area contributed by atoms with Crippen molar-refractivity contribution in [3.63, 3.8) is 0 Å². The van der Waals surface area contributed by atoms with Gasteiger partial charge in [-0.2, -0.15) is 26.3 Å². The van der Waals surface area contributed by atoms with Gasteiger partial charge in [-0.05, 0) is 36.0 Å². The molecule has 0 N–H and O–H groups in total. The van der Waals surface area contributed by atoms with E-state index in [-0.39, 0.29) is 23.8 Å². The normalized spacial score (nSPS) is 14.6. The molecule has 1 unspecified atom stereocenters. The molecule has 0 aliphatic heterocycles. The minimum absolute atomic E-state index is 0.0232. The summed E-state index contributed by atoms with van der Waals surface area (Å²) in [4.78, 5) is 12.2. The molecule has 1 aromatic rings. The van der Waals surface area contributed by atoms with Crippen LogP contribution in [0.1, 0.15) is 62.0 Å². The van der Waals surface area contributed by atoms with Crippen LogP contribution in [-0.4, -0.2) is 5.78 Å². The van der Waals surface area contributed by atoms with Gasteiger partial charge in [0.2, 0.25) is 0 Å². The number of benzene rings is 1. The van der Waals surface area contributed by atoms with Crippen LogP contribution >= 0.6 is 0 Å². The lowest BCUT2D eigenvalue weighted by molar-refractivity contribution is -0.143. The molecule has 136 valence electrons. The molecule has 0 aliphatic carbocycles. The van der Waals surface area contributed by atoms with Gasteiger partial charge < -0.3 is 0 Å². The Kier molecular flexibility index (Phi) is 5.78. The van der Waals surface area contributed by atoms with Crippen molar-refractivity contribution in [3.8, 4) is 0 Å². The lowest BCUT2D eigenvalue weighted by Gasteiger charge is -2.23. The third kappa shape index (κ3) is 6.17. The third-order valence-electron chi connectivity index (χ3n) is 3.40. The van der Waals surface area contributed by atoms with E-state index in [0.29, 0.717) is 18.6 Å². The maximum Gasteiger partial charge on any atom is 0.416 e. The van der Waals surface area contributed by atoms with E-state index in [0.717, 1.165) is 0 Å². The predicted octanol–water partition coefficient (Wildman–Crippen LogP) is 6.37. The van der Waals surface area contributed by atoms with Crippen molar-refractivity contribution in [2.45, 2.75) is 52.9 Å². The summed E-state index contributed by atoms with van der Waals surface area (Å²) in [7, 11) is 0. The van der Waals surface area contributed by atoms with Crippen LogP contribution < -0.4 is 0 Å². The van der Waals surface area contributed by atoms with E-state index in [1.165, 1.54) is 0 Å². The molecular weight excluding hydrogens is 334 g/mol. The van der Waals surface area contributed by atoms with E-state index < -0.39 is 34.8 Å². The molecule has 1 nitrogen and oxygen atoms in total. The molecule has 0 saturated heterocycles.